The van der Waals surface area contributed by atoms with Crippen LogP contribution < -0.4 is 0 Å². The molecule has 1 saturated heterocycles. The fourth-order valence-corrected chi connectivity index (χ4v) is 7.03. The van der Waals surface area contributed by atoms with E-state index in [1.165, 1.54) is 5.56 Å². The molecule has 0 bridgehead atoms. The highest BCUT2D eigenvalue weighted by molar-refractivity contribution is 7.89. The average molecular weight is 467 g/mol. The molecule has 0 unspecified atom stereocenters. The van der Waals surface area contributed by atoms with E-state index in [1.54, 1.807) is 27.4 Å². The van der Waals surface area contributed by atoms with Crippen LogP contribution in [0.5, 0.6) is 0 Å². The van der Waals surface area contributed by atoms with E-state index in [0.29, 0.717) is 60.3 Å². The number of amides is 1. The van der Waals surface area contributed by atoms with Crippen molar-refractivity contribution in [2.24, 2.45) is 11.8 Å². The Balaban J connectivity index is 1.45. The number of nitrogens with zero attached hydrogens (tertiary/aromatic N) is 2. The molecule has 0 aliphatic carbocycles. The van der Waals surface area contributed by atoms with Crippen molar-refractivity contribution in [1.82, 2.24) is 9.21 Å². The van der Waals surface area contributed by atoms with Crippen molar-refractivity contribution in [2.45, 2.75) is 45.1 Å². The van der Waals surface area contributed by atoms with Crippen LogP contribution in [0.15, 0.2) is 51.8 Å². The van der Waals surface area contributed by atoms with Gasteiger partial charge in [-0.25, -0.2) is 8.42 Å². The lowest BCUT2D eigenvalue weighted by molar-refractivity contribution is 0.0704. The number of aryl methyl sites for hydroxylation is 1. The minimum Gasteiger partial charge on any atom is -0.451 e. The molecule has 2 aliphatic heterocycles. The maximum Gasteiger partial charge on any atom is 0.290 e. The molecule has 174 valence electrons. The summed E-state index contributed by atoms with van der Waals surface area (Å²) in [5, 5.41) is 0.676. The average Bonchev–Trinajstić information content (AvgIpc) is 3.13. The highest BCUT2D eigenvalue weighted by Crippen LogP contribution is 2.32. The first-order valence-corrected chi connectivity index (χ1v) is 13.1. The van der Waals surface area contributed by atoms with Crippen molar-refractivity contribution in [3.05, 3.63) is 64.9 Å². The summed E-state index contributed by atoms with van der Waals surface area (Å²) in [6.45, 7) is 8.29. The molecular formula is C26H30N2O4S. The van der Waals surface area contributed by atoms with Crippen LogP contribution in [-0.2, 0) is 23.0 Å². The van der Waals surface area contributed by atoms with Crippen LogP contribution in [0, 0.1) is 18.8 Å². The van der Waals surface area contributed by atoms with Gasteiger partial charge in [0, 0.05) is 37.1 Å². The number of furan rings is 1. The molecule has 2 aromatic carbocycles. The molecule has 2 aliphatic rings. The van der Waals surface area contributed by atoms with E-state index < -0.39 is 10.0 Å². The van der Waals surface area contributed by atoms with Gasteiger partial charge in [0.15, 0.2) is 5.76 Å². The largest absolute Gasteiger partial charge is 0.451 e. The van der Waals surface area contributed by atoms with Crippen molar-refractivity contribution in [3.8, 4) is 0 Å². The van der Waals surface area contributed by atoms with E-state index in [0.717, 1.165) is 18.4 Å². The second-order valence-corrected chi connectivity index (χ2v) is 11.7. The van der Waals surface area contributed by atoms with Gasteiger partial charge >= 0.3 is 0 Å². The van der Waals surface area contributed by atoms with Gasteiger partial charge in [-0.05, 0) is 60.9 Å². The second kappa shape index (κ2) is 8.29. The summed E-state index contributed by atoms with van der Waals surface area (Å²) in [6, 6.07) is 13.1. The van der Waals surface area contributed by atoms with E-state index >= 15 is 0 Å². The quantitative estimate of drug-likeness (QED) is 0.565. The van der Waals surface area contributed by atoms with Gasteiger partial charge < -0.3 is 9.32 Å². The van der Waals surface area contributed by atoms with Crippen LogP contribution in [0.4, 0.5) is 0 Å². The predicted octanol–water partition coefficient (Wildman–Crippen LogP) is 4.61. The van der Waals surface area contributed by atoms with Crippen molar-refractivity contribution in [3.63, 3.8) is 0 Å². The lowest BCUT2D eigenvalue weighted by Gasteiger charge is -2.34. The SMILES string of the molecule is Cc1c(C(=O)N2CCc3ccccc3C2)oc2ccc(S(=O)(=O)N3C[C@H](C)C[C@@H](C)C3)cc12. The fourth-order valence-electron chi connectivity index (χ4n) is 5.33. The Morgan fingerprint density at radius 2 is 1.73 bits per heavy atom. The van der Waals surface area contributed by atoms with Crippen molar-refractivity contribution in [1.29, 1.82) is 0 Å². The molecule has 2 atom stereocenters. The van der Waals surface area contributed by atoms with Crippen LogP contribution in [0.25, 0.3) is 11.0 Å². The minimum absolute atomic E-state index is 0.152. The Bertz CT molecular complexity index is 1320. The number of sulfonamides is 1. The van der Waals surface area contributed by atoms with E-state index in [1.807, 2.05) is 19.1 Å². The number of benzene rings is 2. The first kappa shape index (κ1) is 22.2. The summed E-state index contributed by atoms with van der Waals surface area (Å²) in [7, 11) is -3.60. The Kier molecular flexibility index (Phi) is 5.57. The second-order valence-electron chi connectivity index (χ2n) is 9.73. The number of carbonyl (C=O) groups excluding carboxylic acids is 1. The third-order valence-corrected chi connectivity index (χ3v) is 8.82. The minimum atomic E-state index is -3.60. The Labute approximate surface area is 195 Å². The Hall–Kier alpha value is -2.64. The normalized spacial score (nSPS) is 21.8. The number of fused-ring (bicyclic) bond motifs is 2. The third-order valence-electron chi connectivity index (χ3n) is 6.99. The van der Waals surface area contributed by atoms with Crippen LogP contribution in [0.1, 0.15) is 47.5 Å². The monoisotopic (exact) mass is 466 g/mol. The van der Waals surface area contributed by atoms with Gasteiger partial charge in [-0.1, -0.05) is 38.1 Å². The van der Waals surface area contributed by atoms with Crippen LogP contribution in [0.2, 0.25) is 0 Å². The van der Waals surface area contributed by atoms with Crippen LogP contribution in [-0.4, -0.2) is 43.2 Å². The number of piperidine rings is 1. The topological polar surface area (TPSA) is 70.8 Å². The van der Waals surface area contributed by atoms with Crippen molar-refractivity contribution in [2.75, 3.05) is 19.6 Å². The summed E-state index contributed by atoms with van der Waals surface area (Å²) in [4.78, 5) is 15.4. The van der Waals surface area contributed by atoms with Gasteiger partial charge in [-0.2, -0.15) is 4.31 Å². The van der Waals surface area contributed by atoms with Crippen LogP contribution >= 0.6 is 0 Å². The summed E-state index contributed by atoms with van der Waals surface area (Å²) < 4.78 is 34.3. The molecule has 33 heavy (non-hydrogen) atoms. The molecule has 1 fully saturated rings. The fraction of sp³-hybridized carbons (Fsp3) is 0.423. The smallest absolute Gasteiger partial charge is 0.290 e. The van der Waals surface area contributed by atoms with E-state index in [4.69, 9.17) is 4.42 Å². The highest BCUT2D eigenvalue weighted by atomic mass is 32.2. The highest BCUT2D eigenvalue weighted by Gasteiger charge is 2.33. The maximum absolute atomic E-state index is 13.4. The lowest BCUT2D eigenvalue weighted by Crippen LogP contribution is -2.42. The van der Waals surface area contributed by atoms with Gasteiger partial charge in [0.2, 0.25) is 10.0 Å². The zero-order valence-corrected chi connectivity index (χ0v) is 20.2. The van der Waals surface area contributed by atoms with E-state index in [-0.39, 0.29) is 10.8 Å². The van der Waals surface area contributed by atoms with Crippen molar-refractivity contribution >= 4 is 26.9 Å². The van der Waals surface area contributed by atoms with Gasteiger partial charge in [0.05, 0.1) is 4.90 Å². The van der Waals surface area contributed by atoms with Crippen molar-refractivity contribution < 1.29 is 17.6 Å². The third kappa shape index (κ3) is 3.97. The molecule has 0 N–H and O–H groups in total. The van der Waals surface area contributed by atoms with E-state index in [9.17, 15) is 13.2 Å². The molecular weight excluding hydrogens is 436 g/mol. The van der Waals surface area contributed by atoms with Gasteiger partial charge in [0.25, 0.3) is 5.91 Å². The number of rotatable bonds is 3. The zero-order valence-electron chi connectivity index (χ0n) is 19.4. The molecule has 6 nitrogen and oxygen atoms in total. The molecule has 0 radical (unpaired) electrons. The first-order valence-electron chi connectivity index (χ1n) is 11.6. The zero-order chi connectivity index (χ0) is 23.3. The molecule has 1 aromatic heterocycles. The van der Waals surface area contributed by atoms with Gasteiger partial charge in [0.1, 0.15) is 5.58 Å². The summed E-state index contributed by atoms with van der Waals surface area (Å²) >= 11 is 0. The van der Waals surface area contributed by atoms with Gasteiger partial charge in [-0.3, -0.25) is 4.79 Å². The van der Waals surface area contributed by atoms with E-state index in [2.05, 4.69) is 26.0 Å². The Morgan fingerprint density at radius 1 is 1.03 bits per heavy atom. The molecule has 5 rings (SSSR count). The maximum atomic E-state index is 13.4. The lowest BCUT2D eigenvalue weighted by atomic mass is 9.94. The standard InChI is InChI=1S/C26H30N2O4S/c1-17-12-18(2)15-28(14-17)33(30,31)22-8-9-24-23(13-22)19(3)25(32-24)26(29)27-11-10-20-6-4-5-7-21(20)16-27/h4-9,13,17-18H,10-12,14-16H2,1-3H3/t17-,18-/m1/s1. The molecule has 0 spiro atoms. The summed E-state index contributed by atoms with van der Waals surface area (Å²) in [5.74, 6) is 0.809. The Morgan fingerprint density at radius 3 is 2.45 bits per heavy atom. The number of carbonyl (C=O) groups is 1. The van der Waals surface area contributed by atoms with Crippen LogP contribution in [0.3, 0.4) is 0 Å². The molecule has 3 heterocycles. The molecule has 1 amide bonds. The number of hydrogen-bond donors (Lipinski definition) is 0. The first-order chi connectivity index (χ1) is 15.7. The van der Waals surface area contributed by atoms with Gasteiger partial charge in [-0.15, -0.1) is 0 Å². The summed E-state index contributed by atoms with van der Waals surface area (Å²) in [5.41, 5.74) is 3.65. The number of hydrogen-bond acceptors (Lipinski definition) is 4. The molecule has 0 saturated carbocycles. The predicted molar refractivity (Wildman–Crippen MR) is 128 cm³/mol. The molecule has 3 aromatic rings. The summed E-state index contributed by atoms with van der Waals surface area (Å²) in [6.07, 6.45) is 1.86. The molecule has 7 heteroatoms.